The number of carbonyl (C=O) groups excluding carboxylic acids is 1. The fraction of sp³-hybridized carbons (Fsp3) is 0.105. The molecule has 142 valence electrons. The predicted molar refractivity (Wildman–Crippen MR) is 106 cm³/mol. The van der Waals surface area contributed by atoms with Gasteiger partial charge >= 0.3 is 0 Å². The molecule has 0 fully saturated rings. The Bertz CT molecular complexity index is 1050. The zero-order chi connectivity index (χ0) is 20.1. The van der Waals surface area contributed by atoms with E-state index in [1.54, 1.807) is 0 Å². The van der Waals surface area contributed by atoms with Crippen LogP contribution in [0.25, 0.3) is 10.9 Å². The maximum atomic E-state index is 12.1. The Balaban J connectivity index is 1.61. The second-order valence-corrected chi connectivity index (χ2v) is 6.16. The van der Waals surface area contributed by atoms with E-state index in [0.29, 0.717) is 11.3 Å². The third kappa shape index (κ3) is 4.60. The van der Waals surface area contributed by atoms with Crippen LogP contribution in [0.1, 0.15) is 12.5 Å². The number of ether oxygens (including phenoxy) is 1. The van der Waals surface area contributed by atoms with Gasteiger partial charge in [0.05, 0.1) is 16.7 Å². The van der Waals surface area contributed by atoms with E-state index < -0.39 is 16.9 Å². The second kappa shape index (κ2) is 8.45. The summed E-state index contributed by atoms with van der Waals surface area (Å²) in [6, 6.07) is 14.8. The summed E-state index contributed by atoms with van der Waals surface area (Å²) >= 11 is 6.14. The van der Waals surface area contributed by atoms with Crippen LogP contribution < -0.4 is 10.2 Å². The van der Waals surface area contributed by atoms with Crippen molar-refractivity contribution in [2.45, 2.75) is 13.0 Å². The number of non-ortho nitro benzene ring substituents is 1. The van der Waals surface area contributed by atoms with E-state index in [1.807, 2.05) is 30.3 Å². The Morgan fingerprint density at radius 1 is 1.29 bits per heavy atom. The van der Waals surface area contributed by atoms with Crippen LogP contribution in [-0.4, -0.2) is 28.1 Å². The predicted octanol–water partition coefficient (Wildman–Crippen LogP) is 3.71. The number of carbonyl (C=O) groups is 1. The number of nitrogens with one attached hydrogen (secondary N) is 1. The molecule has 0 saturated carbocycles. The highest BCUT2D eigenvalue weighted by Gasteiger charge is 2.15. The van der Waals surface area contributed by atoms with Gasteiger partial charge in [-0.15, -0.1) is 0 Å². The van der Waals surface area contributed by atoms with Gasteiger partial charge in [-0.3, -0.25) is 14.9 Å². The highest BCUT2D eigenvalue weighted by molar-refractivity contribution is 6.32. The van der Waals surface area contributed by atoms with E-state index >= 15 is 0 Å². The Labute approximate surface area is 164 Å². The summed E-state index contributed by atoms with van der Waals surface area (Å²) in [7, 11) is 0. The summed E-state index contributed by atoms with van der Waals surface area (Å²) < 4.78 is 5.45. The van der Waals surface area contributed by atoms with Crippen molar-refractivity contribution < 1.29 is 14.5 Å². The SMILES string of the molecule is CC(Oc1ccc([N+](=O)[O-])cc1)C(=O)NN=Cc1cc2ccccc2nc1Cl. The van der Waals surface area contributed by atoms with Crippen LogP contribution in [0.4, 0.5) is 5.69 Å². The number of halogens is 1. The quantitative estimate of drug-likeness (QED) is 0.295. The Hall–Kier alpha value is -3.52. The number of amides is 1. The van der Waals surface area contributed by atoms with E-state index in [9.17, 15) is 14.9 Å². The smallest absolute Gasteiger partial charge is 0.280 e. The Morgan fingerprint density at radius 2 is 2.00 bits per heavy atom. The van der Waals surface area contributed by atoms with Crippen LogP contribution in [-0.2, 0) is 4.79 Å². The van der Waals surface area contributed by atoms with Crippen molar-refractivity contribution in [2.75, 3.05) is 0 Å². The maximum Gasteiger partial charge on any atom is 0.280 e. The summed E-state index contributed by atoms with van der Waals surface area (Å²) in [5.41, 5.74) is 3.63. The first-order valence-electron chi connectivity index (χ1n) is 8.23. The molecule has 1 atom stereocenters. The number of hydrogen-bond acceptors (Lipinski definition) is 6. The first-order valence-corrected chi connectivity index (χ1v) is 8.61. The first kappa shape index (κ1) is 19.2. The topological polar surface area (TPSA) is 107 Å². The Morgan fingerprint density at radius 3 is 2.71 bits per heavy atom. The maximum absolute atomic E-state index is 12.1. The number of para-hydroxylation sites is 1. The van der Waals surface area contributed by atoms with Gasteiger partial charge in [0.15, 0.2) is 6.10 Å². The molecular formula is C19H15ClN4O4. The number of pyridine rings is 1. The third-order valence-electron chi connectivity index (χ3n) is 3.81. The normalized spacial score (nSPS) is 12.1. The lowest BCUT2D eigenvalue weighted by molar-refractivity contribution is -0.384. The molecule has 0 spiro atoms. The number of hydrogen-bond donors (Lipinski definition) is 1. The molecule has 8 nitrogen and oxygen atoms in total. The molecule has 1 unspecified atom stereocenters. The van der Waals surface area contributed by atoms with Crippen LogP contribution in [0.2, 0.25) is 5.15 Å². The van der Waals surface area contributed by atoms with Gasteiger partial charge in [0, 0.05) is 23.1 Å². The van der Waals surface area contributed by atoms with Crippen molar-refractivity contribution in [3.8, 4) is 5.75 Å². The lowest BCUT2D eigenvalue weighted by Gasteiger charge is -2.12. The van der Waals surface area contributed by atoms with Crippen molar-refractivity contribution in [3.05, 3.63) is 75.4 Å². The lowest BCUT2D eigenvalue weighted by Crippen LogP contribution is -2.33. The minimum absolute atomic E-state index is 0.0603. The summed E-state index contributed by atoms with van der Waals surface area (Å²) in [6.45, 7) is 1.54. The number of nitro groups is 1. The minimum Gasteiger partial charge on any atom is -0.481 e. The molecule has 0 aliphatic heterocycles. The number of benzene rings is 2. The van der Waals surface area contributed by atoms with Crippen LogP contribution in [0.5, 0.6) is 5.75 Å². The second-order valence-electron chi connectivity index (χ2n) is 5.81. The van der Waals surface area contributed by atoms with E-state index in [0.717, 1.165) is 10.9 Å². The number of rotatable bonds is 6. The molecule has 0 aliphatic carbocycles. The third-order valence-corrected chi connectivity index (χ3v) is 4.12. The minimum atomic E-state index is -0.858. The molecule has 28 heavy (non-hydrogen) atoms. The van der Waals surface area contributed by atoms with Crippen LogP contribution in [0.15, 0.2) is 59.7 Å². The monoisotopic (exact) mass is 398 g/mol. The highest BCUT2D eigenvalue weighted by atomic mass is 35.5. The standard InChI is InChI=1S/C19H15ClN4O4/c1-12(28-16-8-6-15(7-9-16)24(26)27)19(25)23-21-11-14-10-13-4-2-3-5-17(13)22-18(14)20/h2-12H,1H3,(H,23,25). The molecule has 0 saturated heterocycles. The largest absolute Gasteiger partial charge is 0.481 e. The van der Waals surface area contributed by atoms with Crippen molar-refractivity contribution in [3.63, 3.8) is 0 Å². The fourth-order valence-electron chi connectivity index (χ4n) is 2.36. The Kier molecular flexibility index (Phi) is 5.81. The molecule has 1 aromatic heterocycles. The average molecular weight is 399 g/mol. The van der Waals surface area contributed by atoms with E-state index in [-0.39, 0.29) is 10.8 Å². The van der Waals surface area contributed by atoms with Gasteiger partial charge in [-0.05, 0) is 31.2 Å². The average Bonchev–Trinajstić information content (AvgIpc) is 2.68. The van der Waals surface area contributed by atoms with Crippen molar-refractivity contribution in [1.82, 2.24) is 10.4 Å². The van der Waals surface area contributed by atoms with Gasteiger partial charge in [0.25, 0.3) is 11.6 Å². The van der Waals surface area contributed by atoms with Gasteiger partial charge in [0.2, 0.25) is 0 Å². The first-order chi connectivity index (χ1) is 13.4. The molecule has 1 heterocycles. The van der Waals surface area contributed by atoms with Gasteiger partial charge in [-0.25, -0.2) is 10.4 Å². The molecule has 0 bridgehead atoms. The van der Waals surface area contributed by atoms with Crippen molar-refractivity contribution in [2.24, 2.45) is 5.10 Å². The van der Waals surface area contributed by atoms with Crippen LogP contribution >= 0.6 is 11.6 Å². The molecule has 3 aromatic rings. The zero-order valence-corrected chi connectivity index (χ0v) is 15.5. The zero-order valence-electron chi connectivity index (χ0n) is 14.7. The summed E-state index contributed by atoms with van der Waals surface area (Å²) in [4.78, 5) is 26.5. The van der Waals surface area contributed by atoms with Gasteiger partial charge in [-0.2, -0.15) is 5.10 Å². The summed E-state index contributed by atoms with van der Waals surface area (Å²) in [5, 5.41) is 15.7. The fourth-order valence-corrected chi connectivity index (χ4v) is 2.55. The van der Waals surface area contributed by atoms with E-state index in [4.69, 9.17) is 16.3 Å². The van der Waals surface area contributed by atoms with E-state index in [2.05, 4.69) is 15.5 Å². The van der Waals surface area contributed by atoms with Gasteiger partial charge in [-0.1, -0.05) is 29.8 Å². The number of hydrazone groups is 1. The number of nitrogens with zero attached hydrogens (tertiary/aromatic N) is 3. The molecule has 0 aliphatic rings. The molecule has 0 radical (unpaired) electrons. The van der Waals surface area contributed by atoms with E-state index in [1.165, 1.54) is 37.4 Å². The number of nitro benzene ring substituents is 1. The van der Waals surface area contributed by atoms with Crippen molar-refractivity contribution in [1.29, 1.82) is 0 Å². The van der Waals surface area contributed by atoms with Gasteiger partial charge < -0.3 is 4.74 Å². The van der Waals surface area contributed by atoms with Crippen LogP contribution in [0.3, 0.4) is 0 Å². The van der Waals surface area contributed by atoms with Crippen molar-refractivity contribution >= 4 is 40.3 Å². The summed E-state index contributed by atoms with van der Waals surface area (Å²) in [5.74, 6) is -0.154. The number of aromatic nitrogens is 1. The summed E-state index contributed by atoms with van der Waals surface area (Å²) in [6.07, 6.45) is 0.543. The molecule has 1 N–H and O–H groups in total. The molecule has 3 rings (SSSR count). The van der Waals surface area contributed by atoms with Crippen LogP contribution in [0, 0.1) is 10.1 Å². The molecule has 9 heteroatoms. The molecule has 2 aromatic carbocycles. The lowest BCUT2D eigenvalue weighted by atomic mass is 10.2. The molecular weight excluding hydrogens is 384 g/mol. The highest BCUT2D eigenvalue weighted by Crippen LogP contribution is 2.19. The number of fused-ring (bicyclic) bond motifs is 1. The molecule has 1 amide bonds. The van der Waals surface area contributed by atoms with Gasteiger partial charge in [0.1, 0.15) is 10.9 Å².